The molecular weight excluding hydrogens is 282 g/mol. The molecule has 0 saturated heterocycles. The van der Waals surface area contributed by atoms with Crippen molar-refractivity contribution in [2.75, 3.05) is 13.1 Å². The normalized spacial score (nSPS) is 12.6. The highest BCUT2D eigenvalue weighted by molar-refractivity contribution is 6.30. The second kappa shape index (κ2) is 7.60. The summed E-state index contributed by atoms with van der Waals surface area (Å²) in [5.74, 6) is 0. The fraction of sp³-hybridized carbons (Fsp3) is 0.333. The maximum atomic E-state index is 10.4. The van der Waals surface area contributed by atoms with Crippen LogP contribution in [0.3, 0.4) is 0 Å². The molecule has 0 heterocycles. The molecule has 0 aliphatic rings. The van der Waals surface area contributed by atoms with Gasteiger partial charge in [-0.05, 0) is 36.7 Å². The summed E-state index contributed by atoms with van der Waals surface area (Å²) in [6.07, 6.45) is -0.520. The number of benzene rings is 2. The van der Waals surface area contributed by atoms with Crippen molar-refractivity contribution in [1.29, 1.82) is 0 Å². The number of likely N-dealkylation sites (N-methyl/N-ethyl adjacent to an activating group) is 1. The molecule has 0 fully saturated rings. The largest absolute Gasteiger partial charge is 0.387 e. The Labute approximate surface area is 132 Å². The van der Waals surface area contributed by atoms with Crippen LogP contribution in [0.1, 0.15) is 29.7 Å². The molecule has 21 heavy (non-hydrogen) atoms. The number of hydrogen-bond donors (Lipinski definition) is 1. The summed E-state index contributed by atoms with van der Waals surface area (Å²) >= 11 is 5.98. The van der Waals surface area contributed by atoms with E-state index in [-0.39, 0.29) is 0 Å². The molecule has 1 unspecified atom stereocenters. The number of rotatable bonds is 6. The maximum Gasteiger partial charge on any atom is 0.0917 e. The fourth-order valence-electron chi connectivity index (χ4n) is 2.44. The predicted octanol–water partition coefficient (Wildman–Crippen LogP) is 4.20. The number of nitrogens with zero attached hydrogens (tertiary/aromatic N) is 1. The van der Waals surface area contributed by atoms with Crippen molar-refractivity contribution in [1.82, 2.24) is 4.90 Å². The van der Waals surface area contributed by atoms with Gasteiger partial charge in [-0.15, -0.1) is 0 Å². The quantitative estimate of drug-likeness (QED) is 0.864. The Hall–Kier alpha value is -1.35. The molecule has 0 radical (unpaired) electrons. The Balaban J connectivity index is 2.01. The molecule has 2 rings (SSSR count). The highest BCUT2D eigenvalue weighted by Gasteiger charge is 2.13. The molecule has 0 amide bonds. The van der Waals surface area contributed by atoms with Crippen LogP contribution in [0.5, 0.6) is 0 Å². The van der Waals surface area contributed by atoms with Crippen LogP contribution in [-0.4, -0.2) is 23.1 Å². The number of hydrogen-bond acceptors (Lipinski definition) is 2. The van der Waals surface area contributed by atoms with Crippen molar-refractivity contribution >= 4 is 11.6 Å². The topological polar surface area (TPSA) is 23.5 Å². The van der Waals surface area contributed by atoms with Crippen molar-refractivity contribution in [2.24, 2.45) is 0 Å². The van der Waals surface area contributed by atoms with Gasteiger partial charge in [0.1, 0.15) is 0 Å². The first-order valence-corrected chi connectivity index (χ1v) is 7.67. The fourth-order valence-corrected chi connectivity index (χ4v) is 2.64. The third-order valence-electron chi connectivity index (χ3n) is 3.60. The summed E-state index contributed by atoms with van der Waals surface area (Å²) in [7, 11) is 0. The summed E-state index contributed by atoms with van der Waals surface area (Å²) in [5.41, 5.74) is 3.40. The van der Waals surface area contributed by atoms with Gasteiger partial charge in [0.2, 0.25) is 0 Å². The standard InChI is InChI=1S/C18H22ClNO/c1-3-20(12-15-7-4-6-14(2)10-15)13-18(21)16-8-5-9-17(19)11-16/h4-11,18,21H,3,12-13H2,1-2H3. The monoisotopic (exact) mass is 303 g/mol. The minimum absolute atomic E-state index is 0.520. The van der Waals surface area contributed by atoms with Crippen molar-refractivity contribution in [3.8, 4) is 0 Å². The molecule has 2 nitrogen and oxygen atoms in total. The van der Waals surface area contributed by atoms with Crippen LogP contribution >= 0.6 is 11.6 Å². The Morgan fingerprint density at radius 3 is 2.57 bits per heavy atom. The minimum atomic E-state index is -0.520. The molecule has 0 aromatic heterocycles. The summed E-state index contributed by atoms with van der Waals surface area (Å²) in [4.78, 5) is 2.24. The Morgan fingerprint density at radius 1 is 1.14 bits per heavy atom. The van der Waals surface area contributed by atoms with Crippen LogP contribution in [0, 0.1) is 6.92 Å². The van der Waals surface area contributed by atoms with Crippen molar-refractivity contribution in [2.45, 2.75) is 26.5 Å². The van der Waals surface area contributed by atoms with Crippen molar-refractivity contribution in [3.63, 3.8) is 0 Å². The van der Waals surface area contributed by atoms with E-state index in [1.807, 2.05) is 24.3 Å². The van der Waals surface area contributed by atoms with Crippen LogP contribution in [0.25, 0.3) is 0 Å². The van der Waals surface area contributed by atoms with Gasteiger partial charge in [-0.2, -0.15) is 0 Å². The second-order valence-corrected chi connectivity index (χ2v) is 5.82. The first-order chi connectivity index (χ1) is 10.1. The predicted molar refractivity (Wildman–Crippen MR) is 88.5 cm³/mol. The molecule has 1 N–H and O–H groups in total. The Bertz CT molecular complexity index is 585. The average Bonchev–Trinajstić information content (AvgIpc) is 2.46. The molecule has 112 valence electrons. The molecule has 0 bridgehead atoms. The first-order valence-electron chi connectivity index (χ1n) is 7.30. The van der Waals surface area contributed by atoms with E-state index >= 15 is 0 Å². The van der Waals surface area contributed by atoms with Gasteiger partial charge in [0.05, 0.1) is 6.10 Å². The van der Waals surface area contributed by atoms with Gasteiger partial charge in [-0.3, -0.25) is 4.90 Å². The van der Waals surface area contributed by atoms with Crippen LogP contribution in [-0.2, 0) is 6.54 Å². The number of aliphatic hydroxyl groups excluding tert-OH is 1. The van der Waals surface area contributed by atoms with E-state index in [2.05, 4.69) is 43.0 Å². The first kappa shape index (κ1) is 16.0. The SMILES string of the molecule is CCN(Cc1cccc(C)c1)CC(O)c1cccc(Cl)c1. The van der Waals surface area contributed by atoms with E-state index in [0.717, 1.165) is 18.7 Å². The van der Waals surface area contributed by atoms with Gasteiger partial charge in [-0.1, -0.05) is 60.5 Å². The van der Waals surface area contributed by atoms with Gasteiger partial charge in [0, 0.05) is 18.1 Å². The molecule has 2 aromatic rings. The number of halogens is 1. The number of aliphatic hydroxyl groups is 1. The lowest BCUT2D eigenvalue weighted by Gasteiger charge is -2.24. The molecule has 0 aliphatic carbocycles. The van der Waals surface area contributed by atoms with Crippen LogP contribution in [0.2, 0.25) is 5.02 Å². The Kier molecular flexibility index (Phi) is 5.80. The minimum Gasteiger partial charge on any atom is -0.387 e. The Morgan fingerprint density at radius 2 is 1.90 bits per heavy atom. The summed E-state index contributed by atoms with van der Waals surface area (Å²) in [6.45, 7) is 6.55. The lowest BCUT2D eigenvalue weighted by Crippen LogP contribution is -2.28. The van der Waals surface area contributed by atoms with Crippen LogP contribution in [0.4, 0.5) is 0 Å². The lowest BCUT2D eigenvalue weighted by molar-refractivity contribution is 0.112. The van der Waals surface area contributed by atoms with E-state index in [0.29, 0.717) is 11.6 Å². The highest BCUT2D eigenvalue weighted by Crippen LogP contribution is 2.19. The summed E-state index contributed by atoms with van der Waals surface area (Å²) < 4.78 is 0. The third-order valence-corrected chi connectivity index (χ3v) is 3.84. The molecular formula is C18H22ClNO. The molecule has 0 spiro atoms. The van der Waals surface area contributed by atoms with Gasteiger partial charge in [-0.25, -0.2) is 0 Å². The van der Waals surface area contributed by atoms with Crippen molar-refractivity contribution in [3.05, 3.63) is 70.2 Å². The summed E-state index contributed by atoms with van der Waals surface area (Å²) in [6, 6.07) is 15.9. The molecule has 3 heteroatoms. The van der Waals surface area contributed by atoms with Gasteiger partial charge >= 0.3 is 0 Å². The maximum absolute atomic E-state index is 10.4. The lowest BCUT2D eigenvalue weighted by atomic mass is 10.1. The zero-order valence-electron chi connectivity index (χ0n) is 12.6. The highest BCUT2D eigenvalue weighted by atomic mass is 35.5. The van der Waals surface area contributed by atoms with Gasteiger partial charge in [0.25, 0.3) is 0 Å². The van der Waals surface area contributed by atoms with E-state index in [4.69, 9.17) is 11.6 Å². The molecule has 2 aromatic carbocycles. The molecule has 0 saturated carbocycles. The van der Waals surface area contributed by atoms with Gasteiger partial charge in [0.15, 0.2) is 0 Å². The molecule has 1 atom stereocenters. The van der Waals surface area contributed by atoms with Crippen LogP contribution in [0.15, 0.2) is 48.5 Å². The zero-order chi connectivity index (χ0) is 15.2. The second-order valence-electron chi connectivity index (χ2n) is 5.39. The average molecular weight is 304 g/mol. The van der Waals surface area contributed by atoms with E-state index in [1.165, 1.54) is 11.1 Å². The molecule has 0 aliphatic heterocycles. The van der Waals surface area contributed by atoms with Crippen molar-refractivity contribution < 1.29 is 5.11 Å². The zero-order valence-corrected chi connectivity index (χ0v) is 13.3. The smallest absolute Gasteiger partial charge is 0.0917 e. The number of aryl methyl sites for hydroxylation is 1. The van der Waals surface area contributed by atoms with E-state index in [1.54, 1.807) is 0 Å². The van der Waals surface area contributed by atoms with E-state index < -0.39 is 6.10 Å². The summed E-state index contributed by atoms with van der Waals surface area (Å²) in [5, 5.41) is 11.0. The van der Waals surface area contributed by atoms with Crippen LogP contribution < -0.4 is 0 Å². The third kappa shape index (κ3) is 4.85. The van der Waals surface area contributed by atoms with E-state index in [9.17, 15) is 5.11 Å². The van der Waals surface area contributed by atoms with Gasteiger partial charge < -0.3 is 5.11 Å².